The number of rotatable bonds is 3. The summed E-state index contributed by atoms with van der Waals surface area (Å²) in [5, 5.41) is 7.47. The van der Waals surface area contributed by atoms with E-state index in [4.69, 9.17) is 0 Å². The van der Waals surface area contributed by atoms with Gasteiger partial charge in [0, 0.05) is 36.3 Å². The Morgan fingerprint density at radius 1 is 1.35 bits per heavy atom. The van der Waals surface area contributed by atoms with Crippen LogP contribution in [0.5, 0.6) is 0 Å². The first-order valence-corrected chi connectivity index (χ1v) is 6.91. The summed E-state index contributed by atoms with van der Waals surface area (Å²) in [7, 11) is 0. The minimum Gasteiger partial charge on any atom is -0.381 e. The van der Waals surface area contributed by atoms with Crippen LogP contribution in [-0.4, -0.2) is 14.6 Å². The normalized spacial score (nSPS) is 10.9. The Labute approximate surface area is 123 Å². The van der Waals surface area contributed by atoms with E-state index in [1.807, 2.05) is 25.3 Å². The highest BCUT2D eigenvalue weighted by Gasteiger charge is 2.03. The maximum atomic E-state index is 13.4. The van der Waals surface area contributed by atoms with Gasteiger partial charge in [0.25, 0.3) is 0 Å². The molecule has 0 radical (unpaired) electrons. The number of nitrogens with zero attached hydrogens (tertiary/aromatic N) is 3. The van der Waals surface area contributed by atoms with Crippen molar-refractivity contribution < 1.29 is 4.39 Å². The van der Waals surface area contributed by atoms with Gasteiger partial charge in [-0.25, -0.2) is 13.9 Å². The lowest BCUT2D eigenvalue weighted by Crippen LogP contribution is -2.02. The molecule has 1 N–H and O–H groups in total. The van der Waals surface area contributed by atoms with Crippen LogP contribution in [0.15, 0.2) is 41.1 Å². The highest BCUT2D eigenvalue weighted by molar-refractivity contribution is 9.10. The molecule has 1 aromatic carbocycles. The van der Waals surface area contributed by atoms with Gasteiger partial charge in [-0.05, 0) is 41.1 Å². The molecule has 0 saturated heterocycles. The Balaban J connectivity index is 1.77. The minimum absolute atomic E-state index is 0.286. The van der Waals surface area contributed by atoms with Crippen molar-refractivity contribution in [3.8, 4) is 0 Å². The van der Waals surface area contributed by atoms with Crippen molar-refractivity contribution in [2.24, 2.45) is 0 Å². The topological polar surface area (TPSA) is 42.2 Å². The number of halogens is 2. The van der Waals surface area contributed by atoms with E-state index in [1.165, 1.54) is 6.07 Å². The summed E-state index contributed by atoms with van der Waals surface area (Å²) in [5.41, 5.74) is 3.45. The van der Waals surface area contributed by atoms with Crippen molar-refractivity contribution >= 4 is 27.3 Å². The van der Waals surface area contributed by atoms with Crippen LogP contribution in [0.1, 0.15) is 11.3 Å². The van der Waals surface area contributed by atoms with Crippen molar-refractivity contribution in [1.29, 1.82) is 0 Å². The number of hydrogen-bond donors (Lipinski definition) is 1. The number of benzene rings is 1. The van der Waals surface area contributed by atoms with Crippen LogP contribution < -0.4 is 5.32 Å². The van der Waals surface area contributed by atoms with Gasteiger partial charge in [-0.1, -0.05) is 0 Å². The fourth-order valence-electron chi connectivity index (χ4n) is 1.94. The van der Waals surface area contributed by atoms with Gasteiger partial charge in [-0.15, -0.1) is 0 Å². The molecule has 2 aromatic heterocycles. The van der Waals surface area contributed by atoms with Crippen LogP contribution in [0.3, 0.4) is 0 Å². The molecule has 0 saturated carbocycles. The summed E-state index contributed by atoms with van der Waals surface area (Å²) in [4.78, 5) is 4.32. The molecule has 4 nitrogen and oxygen atoms in total. The smallest absolute Gasteiger partial charge is 0.155 e. The number of fused-ring (bicyclic) bond motifs is 1. The predicted molar refractivity (Wildman–Crippen MR) is 79.2 cm³/mol. The molecule has 0 aliphatic rings. The van der Waals surface area contributed by atoms with Crippen molar-refractivity contribution in [2.75, 3.05) is 5.32 Å². The van der Waals surface area contributed by atoms with Gasteiger partial charge in [-0.2, -0.15) is 5.10 Å². The van der Waals surface area contributed by atoms with Gasteiger partial charge in [0.15, 0.2) is 5.65 Å². The summed E-state index contributed by atoms with van der Waals surface area (Å²) in [5.74, 6) is -0.286. The average molecular weight is 335 g/mol. The van der Waals surface area contributed by atoms with E-state index in [0.29, 0.717) is 11.0 Å². The van der Waals surface area contributed by atoms with E-state index in [1.54, 1.807) is 16.8 Å². The number of anilines is 1. The second kappa shape index (κ2) is 5.20. The molecule has 0 aliphatic heterocycles. The van der Waals surface area contributed by atoms with E-state index < -0.39 is 0 Å². The summed E-state index contributed by atoms with van der Waals surface area (Å²) in [6.07, 6.45) is 3.70. The molecule has 6 heteroatoms. The molecule has 3 aromatic rings. The molecular weight excluding hydrogens is 323 g/mol. The Hall–Kier alpha value is -1.95. The largest absolute Gasteiger partial charge is 0.381 e. The Morgan fingerprint density at radius 2 is 2.20 bits per heavy atom. The van der Waals surface area contributed by atoms with Gasteiger partial charge in [0.1, 0.15) is 5.82 Å². The maximum Gasteiger partial charge on any atom is 0.155 e. The number of hydrogen-bond acceptors (Lipinski definition) is 3. The van der Waals surface area contributed by atoms with Crippen molar-refractivity contribution in [2.45, 2.75) is 13.5 Å². The second-order valence-corrected chi connectivity index (χ2v) is 5.39. The fraction of sp³-hybridized carbons (Fsp3) is 0.143. The Kier molecular flexibility index (Phi) is 3.40. The van der Waals surface area contributed by atoms with Crippen LogP contribution in [0.4, 0.5) is 10.1 Å². The van der Waals surface area contributed by atoms with Crippen LogP contribution >= 0.6 is 15.9 Å². The second-order valence-electron chi connectivity index (χ2n) is 4.53. The third-order valence-corrected chi connectivity index (χ3v) is 3.55. The van der Waals surface area contributed by atoms with Gasteiger partial charge in [0.2, 0.25) is 0 Å². The fourth-order valence-corrected chi connectivity index (χ4v) is 2.18. The lowest BCUT2D eigenvalue weighted by molar-refractivity contribution is 0.621. The van der Waals surface area contributed by atoms with E-state index in [-0.39, 0.29) is 5.82 Å². The van der Waals surface area contributed by atoms with E-state index in [0.717, 1.165) is 22.6 Å². The molecule has 2 heterocycles. The van der Waals surface area contributed by atoms with Crippen molar-refractivity contribution in [3.63, 3.8) is 0 Å². The molecule has 0 unspecified atom stereocenters. The highest BCUT2D eigenvalue weighted by Crippen LogP contribution is 2.19. The summed E-state index contributed by atoms with van der Waals surface area (Å²) < 4.78 is 15.6. The minimum atomic E-state index is -0.286. The highest BCUT2D eigenvalue weighted by atomic mass is 79.9. The number of nitrogens with one attached hydrogen (secondary N) is 1. The first kappa shape index (κ1) is 13.1. The zero-order valence-corrected chi connectivity index (χ0v) is 12.4. The summed E-state index contributed by atoms with van der Waals surface area (Å²) in [6, 6.07) is 6.86. The standard InChI is InChI=1S/C14H12BrFN4/c1-9-4-14-18-7-10(8-20(14)19-9)6-17-11-2-3-12(15)13(16)5-11/h2-5,7-8,17H,6H2,1H3. The van der Waals surface area contributed by atoms with Crippen molar-refractivity contribution in [3.05, 3.63) is 58.2 Å². The van der Waals surface area contributed by atoms with E-state index >= 15 is 0 Å². The van der Waals surface area contributed by atoms with Gasteiger partial charge in [0.05, 0.1) is 10.2 Å². The van der Waals surface area contributed by atoms with Crippen LogP contribution in [0.2, 0.25) is 0 Å². The third-order valence-electron chi connectivity index (χ3n) is 2.91. The lowest BCUT2D eigenvalue weighted by Gasteiger charge is -2.07. The Bertz CT molecular complexity index is 769. The third kappa shape index (κ3) is 2.65. The number of aromatic nitrogens is 3. The molecule has 0 fully saturated rings. The molecule has 0 bridgehead atoms. The van der Waals surface area contributed by atoms with E-state index in [2.05, 4.69) is 31.3 Å². The zero-order chi connectivity index (χ0) is 14.1. The monoisotopic (exact) mass is 334 g/mol. The zero-order valence-electron chi connectivity index (χ0n) is 10.8. The maximum absolute atomic E-state index is 13.4. The molecule has 0 spiro atoms. The summed E-state index contributed by atoms with van der Waals surface area (Å²) >= 11 is 3.13. The van der Waals surface area contributed by atoms with Crippen LogP contribution in [-0.2, 0) is 6.54 Å². The molecule has 20 heavy (non-hydrogen) atoms. The van der Waals surface area contributed by atoms with E-state index in [9.17, 15) is 4.39 Å². The quantitative estimate of drug-likeness (QED) is 0.796. The van der Waals surface area contributed by atoms with Gasteiger partial charge in [-0.3, -0.25) is 0 Å². The SMILES string of the molecule is Cc1cc2ncc(CNc3ccc(Br)c(F)c3)cn2n1. The van der Waals surface area contributed by atoms with Crippen molar-refractivity contribution in [1.82, 2.24) is 14.6 Å². The Morgan fingerprint density at radius 3 is 3.00 bits per heavy atom. The lowest BCUT2D eigenvalue weighted by atomic mass is 10.3. The van der Waals surface area contributed by atoms with Crippen LogP contribution in [0.25, 0.3) is 5.65 Å². The molecular formula is C14H12BrFN4. The first-order chi connectivity index (χ1) is 9.61. The first-order valence-electron chi connectivity index (χ1n) is 6.12. The molecule has 102 valence electrons. The number of aryl methyl sites for hydroxylation is 1. The predicted octanol–water partition coefficient (Wildman–Crippen LogP) is 3.55. The molecule has 3 rings (SSSR count). The van der Waals surface area contributed by atoms with Crippen LogP contribution in [0, 0.1) is 12.7 Å². The molecule has 0 aliphatic carbocycles. The average Bonchev–Trinajstić information content (AvgIpc) is 2.79. The van der Waals surface area contributed by atoms with Gasteiger partial charge >= 0.3 is 0 Å². The summed E-state index contributed by atoms with van der Waals surface area (Å²) in [6.45, 7) is 2.49. The molecule has 0 atom stereocenters. The van der Waals surface area contributed by atoms with Gasteiger partial charge < -0.3 is 5.32 Å². The molecule has 0 amide bonds.